The fourth-order valence-corrected chi connectivity index (χ4v) is 4.38. The smallest absolute Gasteiger partial charge is 0.351 e. The third-order valence-electron chi connectivity index (χ3n) is 6.09. The SMILES string of the molecule is C#CCn1cc(-c2cnc(C(=O)Nc3ccc(C(=O)N4CCN(C(N)=O)CC4)c(Cl)c3)n2C)c(C(F)(F)F)n1. The number of urea groups is 1. The number of carbonyl (C=O) groups is 3. The van der Waals surface area contributed by atoms with Crippen molar-refractivity contribution in [1.82, 2.24) is 29.1 Å². The predicted molar refractivity (Wildman–Crippen MR) is 135 cm³/mol. The summed E-state index contributed by atoms with van der Waals surface area (Å²) >= 11 is 6.32. The Kier molecular flexibility index (Phi) is 7.55. The Bertz CT molecular complexity index is 1480. The highest BCUT2D eigenvalue weighted by Crippen LogP contribution is 2.36. The van der Waals surface area contributed by atoms with Crippen LogP contribution in [0.5, 0.6) is 0 Å². The number of benzene rings is 1. The summed E-state index contributed by atoms with van der Waals surface area (Å²) in [6.07, 6.45) is 2.71. The van der Waals surface area contributed by atoms with Gasteiger partial charge in [-0.15, -0.1) is 6.42 Å². The Balaban J connectivity index is 1.50. The molecule has 1 aromatic carbocycles. The quantitative estimate of drug-likeness (QED) is 0.462. The van der Waals surface area contributed by atoms with E-state index in [1.807, 2.05) is 0 Å². The number of nitrogens with two attached hydrogens (primary N) is 1. The first-order valence-electron chi connectivity index (χ1n) is 11.5. The van der Waals surface area contributed by atoms with Gasteiger partial charge >= 0.3 is 12.2 Å². The maximum absolute atomic E-state index is 13.6. The maximum Gasteiger partial charge on any atom is 0.435 e. The number of nitrogens with zero attached hydrogens (tertiary/aromatic N) is 6. The third kappa shape index (κ3) is 5.68. The monoisotopic (exact) mass is 562 g/mol. The molecular weight excluding hydrogens is 541 g/mol. The number of nitrogens with one attached hydrogen (secondary N) is 1. The Labute approximate surface area is 225 Å². The number of terminal acetylenes is 1. The summed E-state index contributed by atoms with van der Waals surface area (Å²) < 4.78 is 42.9. The average molecular weight is 563 g/mol. The highest BCUT2D eigenvalue weighted by molar-refractivity contribution is 6.34. The second kappa shape index (κ2) is 10.7. The predicted octanol–water partition coefficient (Wildman–Crippen LogP) is 2.68. The van der Waals surface area contributed by atoms with Crippen molar-refractivity contribution in [3.05, 3.63) is 52.7 Å². The number of anilines is 1. The minimum absolute atomic E-state index is 0.00570. The zero-order chi connectivity index (χ0) is 28.5. The molecule has 0 atom stereocenters. The maximum atomic E-state index is 13.6. The van der Waals surface area contributed by atoms with Gasteiger partial charge in [0.05, 0.1) is 28.0 Å². The van der Waals surface area contributed by atoms with E-state index in [9.17, 15) is 27.6 Å². The molecule has 3 heterocycles. The minimum Gasteiger partial charge on any atom is -0.351 e. The summed E-state index contributed by atoms with van der Waals surface area (Å²) in [4.78, 5) is 44.0. The number of aromatic nitrogens is 4. The van der Waals surface area contributed by atoms with Crippen LogP contribution in [0.2, 0.25) is 5.02 Å². The van der Waals surface area contributed by atoms with Crippen molar-refractivity contribution in [3.63, 3.8) is 0 Å². The van der Waals surface area contributed by atoms with E-state index in [4.69, 9.17) is 23.8 Å². The number of halogens is 4. The van der Waals surface area contributed by atoms with Crippen molar-refractivity contribution in [2.45, 2.75) is 12.7 Å². The second-order valence-corrected chi connectivity index (χ2v) is 8.99. The average Bonchev–Trinajstić information content (AvgIpc) is 3.47. The molecule has 0 saturated carbocycles. The van der Waals surface area contributed by atoms with Crippen molar-refractivity contribution < 1.29 is 27.6 Å². The Morgan fingerprint density at radius 3 is 2.44 bits per heavy atom. The van der Waals surface area contributed by atoms with E-state index >= 15 is 0 Å². The summed E-state index contributed by atoms with van der Waals surface area (Å²) in [5, 5.41) is 6.18. The lowest BCUT2D eigenvalue weighted by Gasteiger charge is -2.33. The van der Waals surface area contributed by atoms with Gasteiger partial charge in [-0.3, -0.25) is 14.3 Å². The van der Waals surface area contributed by atoms with E-state index in [0.29, 0.717) is 13.1 Å². The standard InChI is InChI=1S/C24H22ClF3N8O3/c1-3-6-36-13-16(19(32-36)24(26,27)28)18-12-30-20(33(18)2)21(37)31-14-4-5-15(17(25)11-14)22(38)34-7-9-35(10-8-34)23(29)39/h1,4-5,11-13H,6-10H2,2H3,(H2,29,39)(H,31,37). The highest BCUT2D eigenvalue weighted by Gasteiger charge is 2.38. The molecule has 0 unspecified atom stereocenters. The number of amides is 4. The van der Waals surface area contributed by atoms with Crippen LogP contribution in [0.15, 0.2) is 30.6 Å². The summed E-state index contributed by atoms with van der Waals surface area (Å²) in [6.45, 7) is 1.00. The van der Waals surface area contributed by atoms with Crippen LogP contribution in [-0.4, -0.2) is 73.2 Å². The van der Waals surface area contributed by atoms with Crippen molar-refractivity contribution in [3.8, 4) is 23.6 Å². The summed E-state index contributed by atoms with van der Waals surface area (Å²) in [6, 6.07) is 3.73. The number of imidazole rings is 1. The van der Waals surface area contributed by atoms with Crippen LogP contribution in [0.1, 0.15) is 26.7 Å². The van der Waals surface area contributed by atoms with Gasteiger partial charge in [0.1, 0.15) is 6.54 Å². The van der Waals surface area contributed by atoms with Gasteiger partial charge in [0.15, 0.2) is 11.5 Å². The largest absolute Gasteiger partial charge is 0.435 e. The molecule has 1 aliphatic rings. The molecule has 11 nitrogen and oxygen atoms in total. The van der Waals surface area contributed by atoms with Crippen LogP contribution in [0, 0.1) is 12.3 Å². The first-order valence-corrected chi connectivity index (χ1v) is 11.8. The van der Waals surface area contributed by atoms with Crippen molar-refractivity contribution in [1.29, 1.82) is 0 Å². The molecule has 1 aliphatic heterocycles. The lowest BCUT2D eigenvalue weighted by atomic mass is 10.1. The normalized spacial score (nSPS) is 13.7. The molecule has 0 bridgehead atoms. The van der Waals surface area contributed by atoms with Crippen LogP contribution >= 0.6 is 11.6 Å². The van der Waals surface area contributed by atoms with Gasteiger partial charge in [0.25, 0.3) is 11.8 Å². The van der Waals surface area contributed by atoms with E-state index in [2.05, 4.69) is 21.3 Å². The molecule has 4 amide bonds. The lowest BCUT2D eigenvalue weighted by Crippen LogP contribution is -2.52. The second-order valence-electron chi connectivity index (χ2n) is 8.58. The zero-order valence-corrected chi connectivity index (χ0v) is 21.3. The van der Waals surface area contributed by atoms with Crippen LogP contribution in [-0.2, 0) is 19.8 Å². The van der Waals surface area contributed by atoms with E-state index in [-0.39, 0.29) is 58.9 Å². The van der Waals surface area contributed by atoms with E-state index in [1.54, 1.807) is 0 Å². The molecule has 39 heavy (non-hydrogen) atoms. The number of piperazine rings is 1. The molecule has 3 N–H and O–H groups in total. The molecule has 1 saturated heterocycles. The van der Waals surface area contributed by atoms with Gasteiger partial charge < -0.3 is 25.4 Å². The van der Waals surface area contributed by atoms with Crippen LogP contribution in [0.4, 0.5) is 23.7 Å². The Morgan fingerprint density at radius 1 is 1.18 bits per heavy atom. The van der Waals surface area contributed by atoms with Gasteiger partial charge in [-0.2, -0.15) is 18.3 Å². The number of rotatable bonds is 5. The fourth-order valence-electron chi connectivity index (χ4n) is 4.12. The molecule has 0 aliphatic carbocycles. The van der Waals surface area contributed by atoms with Crippen LogP contribution < -0.4 is 11.1 Å². The molecule has 0 radical (unpaired) electrons. The van der Waals surface area contributed by atoms with Crippen LogP contribution in [0.3, 0.4) is 0 Å². The van der Waals surface area contributed by atoms with Crippen molar-refractivity contribution in [2.75, 3.05) is 31.5 Å². The molecular formula is C24H22ClF3N8O3. The molecule has 1 fully saturated rings. The third-order valence-corrected chi connectivity index (χ3v) is 6.40. The van der Waals surface area contributed by atoms with E-state index < -0.39 is 23.8 Å². The van der Waals surface area contributed by atoms with Gasteiger partial charge in [0.2, 0.25) is 0 Å². The molecule has 2 aromatic heterocycles. The lowest BCUT2D eigenvalue weighted by molar-refractivity contribution is -0.141. The van der Waals surface area contributed by atoms with Gasteiger partial charge in [-0.05, 0) is 18.2 Å². The zero-order valence-electron chi connectivity index (χ0n) is 20.5. The van der Waals surface area contributed by atoms with Gasteiger partial charge in [0, 0.05) is 45.1 Å². The number of primary amides is 1. The van der Waals surface area contributed by atoms with Crippen molar-refractivity contribution >= 4 is 35.1 Å². The summed E-state index contributed by atoms with van der Waals surface area (Å²) in [5.41, 5.74) is 4.27. The number of carbonyl (C=O) groups excluding carboxylic acids is 3. The van der Waals surface area contributed by atoms with Crippen molar-refractivity contribution in [2.24, 2.45) is 12.8 Å². The summed E-state index contributed by atoms with van der Waals surface area (Å²) in [7, 11) is 1.39. The molecule has 15 heteroatoms. The first-order chi connectivity index (χ1) is 18.4. The molecule has 0 spiro atoms. The van der Waals surface area contributed by atoms with Gasteiger partial charge in [-0.25, -0.2) is 9.78 Å². The van der Waals surface area contributed by atoms with Gasteiger partial charge in [-0.1, -0.05) is 17.5 Å². The van der Waals surface area contributed by atoms with E-state index in [1.165, 1.54) is 39.6 Å². The molecule has 4 rings (SSSR count). The topological polar surface area (TPSA) is 131 Å². The molecule has 204 valence electrons. The Hall–Kier alpha value is -4.51. The number of alkyl halides is 3. The number of hydrogen-bond donors (Lipinski definition) is 2. The fraction of sp³-hybridized carbons (Fsp3) is 0.292. The summed E-state index contributed by atoms with van der Waals surface area (Å²) in [5.74, 6) is 0.989. The number of hydrogen-bond acceptors (Lipinski definition) is 5. The Morgan fingerprint density at radius 2 is 1.85 bits per heavy atom. The van der Waals surface area contributed by atoms with Crippen LogP contribution in [0.25, 0.3) is 11.3 Å². The van der Waals surface area contributed by atoms with E-state index in [0.717, 1.165) is 17.1 Å². The first kappa shape index (κ1) is 27.5. The molecule has 3 aromatic rings. The highest BCUT2D eigenvalue weighted by atomic mass is 35.5. The minimum atomic E-state index is -4.76.